The Bertz CT molecular complexity index is 607. The Morgan fingerprint density at radius 2 is 1.82 bits per heavy atom. The lowest BCUT2D eigenvalue weighted by Gasteiger charge is -2.13. The third kappa shape index (κ3) is 4.28. The zero-order valence-electron chi connectivity index (χ0n) is 12.8. The summed E-state index contributed by atoms with van der Waals surface area (Å²) >= 11 is 0. The Morgan fingerprint density at radius 3 is 2.36 bits per heavy atom. The number of amides is 1. The first-order valence-electron chi connectivity index (χ1n) is 7.38. The molecule has 1 unspecified atom stereocenters. The molecule has 1 aromatic carbocycles. The largest absolute Gasteiger partial charge is 0.372 e. The molecule has 1 amide bonds. The van der Waals surface area contributed by atoms with Gasteiger partial charge < -0.3 is 10.1 Å². The third-order valence-electron chi connectivity index (χ3n) is 3.83. The molecule has 0 aromatic heterocycles. The molecule has 1 aliphatic rings. The lowest BCUT2D eigenvalue weighted by atomic mass is 10.3. The Morgan fingerprint density at radius 1 is 1.23 bits per heavy atom. The fourth-order valence-electron chi connectivity index (χ4n) is 2.40. The highest BCUT2D eigenvalue weighted by Gasteiger charge is 2.22. The molecule has 0 saturated heterocycles. The van der Waals surface area contributed by atoms with Gasteiger partial charge in [0.15, 0.2) is 0 Å². The Labute approximate surface area is 131 Å². The highest BCUT2D eigenvalue weighted by Crippen LogP contribution is 2.21. The van der Waals surface area contributed by atoms with Crippen LogP contribution in [-0.4, -0.2) is 33.6 Å². The quantitative estimate of drug-likeness (QED) is 0.836. The molecule has 1 aliphatic carbocycles. The van der Waals surface area contributed by atoms with Crippen LogP contribution in [0, 0.1) is 0 Å². The maximum Gasteiger partial charge on any atom is 0.253 e. The Kier molecular flexibility index (Phi) is 5.55. The van der Waals surface area contributed by atoms with Crippen molar-refractivity contribution in [3.8, 4) is 0 Å². The number of anilines is 1. The predicted molar refractivity (Wildman–Crippen MR) is 84.1 cm³/mol. The van der Waals surface area contributed by atoms with Crippen LogP contribution in [0.25, 0.3) is 0 Å². The average molecular weight is 326 g/mol. The first-order valence-corrected chi connectivity index (χ1v) is 8.87. The standard InChI is InChI=1S/C15H22N2O4S/c1-11(21-2)15(18)16-12-7-9-14(10-8-12)22(19,20)17-13-5-3-4-6-13/h7-11,13,17H,3-6H2,1-2H3,(H,16,18). The van der Waals surface area contributed by atoms with E-state index in [0.29, 0.717) is 5.69 Å². The van der Waals surface area contributed by atoms with E-state index < -0.39 is 16.1 Å². The molecule has 1 saturated carbocycles. The highest BCUT2D eigenvalue weighted by atomic mass is 32.2. The van der Waals surface area contributed by atoms with Gasteiger partial charge in [-0.2, -0.15) is 0 Å². The zero-order valence-corrected chi connectivity index (χ0v) is 13.7. The molecule has 1 fully saturated rings. The normalized spacial score (nSPS) is 17.4. The van der Waals surface area contributed by atoms with E-state index >= 15 is 0 Å². The van der Waals surface area contributed by atoms with E-state index in [4.69, 9.17) is 4.74 Å². The average Bonchev–Trinajstić information content (AvgIpc) is 2.99. The first-order chi connectivity index (χ1) is 10.4. The summed E-state index contributed by atoms with van der Waals surface area (Å²) in [5.74, 6) is -0.276. The molecule has 2 rings (SSSR count). The zero-order chi connectivity index (χ0) is 16.2. The Hall–Kier alpha value is -1.44. The van der Waals surface area contributed by atoms with Crippen LogP contribution in [0.5, 0.6) is 0 Å². The first kappa shape index (κ1) is 16.9. The number of sulfonamides is 1. The van der Waals surface area contributed by atoms with E-state index in [9.17, 15) is 13.2 Å². The lowest BCUT2D eigenvalue weighted by molar-refractivity contribution is -0.124. The van der Waals surface area contributed by atoms with Crippen LogP contribution >= 0.6 is 0 Å². The minimum atomic E-state index is -3.50. The molecule has 1 atom stereocenters. The predicted octanol–water partition coefficient (Wildman–Crippen LogP) is 1.88. The minimum absolute atomic E-state index is 0.0342. The third-order valence-corrected chi connectivity index (χ3v) is 5.37. The molecule has 2 N–H and O–H groups in total. The number of carbonyl (C=O) groups is 1. The SMILES string of the molecule is COC(C)C(=O)Nc1ccc(S(=O)(=O)NC2CCCC2)cc1. The number of nitrogens with one attached hydrogen (secondary N) is 2. The van der Waals surface area contributed by atoms with E-state index in [2.05, 4.69) is 10.0 Å². The van der Waals surface area contributed by atoms with Crippen molar-refractivity contribution in [3.63, 3.8) is 0 Å². The van der Waals surface area contributed by atoms with Gasteiger partial charge in [0.2, 0.25) is 10.0 Å². The van der Waals surface area contributed by atoms with Crippen LogP contribution in [0.4, 0.5) is 5.69 Å². The fraction of sp³-hybridized carbons (Fsp3) is 0.533. The minimum Gasteiger partial charge on any atom is -0.372 e. The van der Waals surface area contributed by atoms with Crippen molar-refractivity contribution in [2.45, 2.75) is 49.6 Å². The van der Waals surface area contributed by atoms with Gasteiger partial charge in [-0.3, -0.25) is 4.79 Å². The van der Waals surface area contributed by atoms with Crippen LogP contribution in [0.2, 0.25) is 0 Å². The van der Waals surface area contributed by atoms with E-state index in [0.717, 1.165) is 25.7 Å². The van der Waals surface area contributed by atoms with Gasteiger partial charge in [-0.05, 0) is 44.0 Å². The second-order valence-electron chi connectivity index (χ2n) is 5.49. The number of methoxy groups -OCH3 is 1. The van der Waals surface area contributed by atoms with Crippen LogP contribution < -0.4 is 10.0 Å². The summed E-state index contributed by atoms with van der Waals surface area (Å²) in [5, 5.41) is 2.67. The molecule has 0 aliphatic heterocycles. The van der Waals surface area contributed by atoms with Gasteiger partial charge >= 0.3 is 0 Å². The van der Waals surface area contributed by atoms with Gasteiger partial charge in [-0.15, -0.1) is 0 Å². The van der Waals surface area contributed by atoms with Crippen molar-refractivity contribution >= 4 is 21.6 Å². The van der Waals surface area contributed by atoms with E-state index in [1.165, 1.54) is 19.2 Å². The van der Waals surface area contributed by atoms with E-state index in [-0.39, 0.29) is 16.8 Å². The number of hydrogen-bond acceptors (Lipinski definition) is 4. The number of rotatable bonds is 6. The maximum absolute atomic E-state index is 12.3. The maximum atomic E-state index is 12.3. The summed E-state index contributed by atoms with van der Waals surface area (Å²) in [4.78, 5) is 11.9. The summed E-state index contributed by atoms with van der Waals surface area (Å²) in [6.07, 6.45) is 3.35. The van der Waals surface area contributed by atoms with Gasteiger partial charge in [0.1, 0.15) is 6.10 Å². The highest BCUT2D eigenvalue weighted by molar-refractivity contribution is 7.89. The molecule has 7 heteroatoms. The summed E-state index contributed by atoms with van der Waals surface area (Å²) in [6.45, 7) is 1.64. The molecule has 0 spiro atoms. The van der Waals surface area contributed by atoms with Crippen molar-refractivity contribution in [2.75, 3.05) is 12.4 Å². The smallest absolute Gasteiger partial charge is 0.253 e. The molecule has 122 valence electrons. The van der Waals surface area contributed by atoms with Gasteiger partial charge in [0.05, 0.1) is 4.90 Å². The molecule has 6 nitrogen and oxygen atoms in total. The van der Waals surface area contributed by atoms with Crippen molar-refractivity contribution in [3.05, 3.63) is 24.3 Å². The van der Waals surface area contributed by atoms with Gasteiger partial charge in [0, 0.05) is 18.8 Å². The van der Waals surface area contributed by atoms with Crippen LogP contribution in [-0.2, 0) is 19.6 Å². The monoisotopic (exact) mass is 326 g/mol. The van der Waals surface area contributed by atoms with Crippen molar-refractivity contribution in [1.82, 2.24) is 4.72 Å². The summed E-state index contributed by atoms with van der Waals surface area (Å²) in [6, 6.07) is 6.16. The van der Waals surface area contributed by atoms with Crippen LogP contribution in [0.1, 0.15) is 32.6 Å². The molecule has 22 heavy (non-hydrogen) atoms. The fourth-order valence-corrected chi connectivity index (χ4v) is 3.70. The van der Waals surface area contributed by atoms with Gasteiger partial charge in [0.25, 0.3) is 5.91 Å². The number of carbonyl (C=O) groups excluding carboxylic acids is 1. The van der Waals surface area contributed by atoms with E-state index in [1.54, 1.807) is 19.1 Å². The lowest BCUT2D eigenvalue weighted by Crippen LogP contribution is -2.32. The molecule has 0 radical (unpaired) electrons. The Balaban J connectivity index is 2.03. The van der Waals surface area contributed by atoms with Crippen LogP contribution in [0.15, 0.2) is 29.2 Å². The number of ether oxygens (including phenoxy) is 1. The summed E-state index contributed by atoms with van der Waals surface area (Å²) in [5.41, 5.74) is 0.536. The topological polar surface area (TPSA) is 84.5 Å². The molecular weight excluding hydrogens is 304 g/mol. The van der Waals surface area contributed by atoms with Crippen LogP contribution in [0.3, 0.4) is 0 Å². The molecule has 0 heterocycles. The van der Waals surface area contributed by atoms with Crippen molar-refractivity contribution < 1.29 is 17.9 Å². The summed E-state index contributed by atoms with van der Waals surface area (Å²) in [7, 11) is -2.04. The second-order valence-corrected chi connectivity index (χ2v) is 7.21. The second kappa shape index (κ2) is 7.21. The van der Waals surface area contributed by atoms with Crippen molar-refractivity contribution in [2.24, 2.45) is 0 Å². The van der Waals surface area contributed by atoms with Gasteiger partial charge in [-0.1, -0.05) is 12.8 Å². The molecule has 0 bridgehead atoms. The number of benzene rings is 1. The number of hydrogen-bond donors (Lipinski definition) is 2. The molecule has 1 aromatic rings. The van der Waals surface area contributed by atoms with Crippen molar-refractivity contribution in [1.29, 1.82) is 0 Å². The van der Waals surface area contributed by atoms with E-state index in [1.807, 2.05) is 0 Å². The summed E-state index contributed by atoms with van der Waals surface area (Å²) < 4.78 is 32.2. The van der Waals surface area contributed by atoms with Gasteiger partial charge in [-0.25, -0.2) is 13.1 Å². The molecular formula is C15H22N2O4S.